The fourth-order valence-electron chi connectivity index (χ4n) is 1.06. The predicted molar refractivity (Wildman–Crippen MR) is 52.0 cm³/mol. The van der Waals surface area contributed by atoms with E-state index in [2.05, 4.69) is 24.6 Å². The molecule has 0 saturated heterocycles. The molecule has 11 heteroatoms. The van der Waals surface area contributed by atoms with Crippen molar-refractivity contribution in [1.29, 1.82) is 0 Å². The Hall–Kier alpha value is -2.72. The molecule has 1 amide bonds. The third-order valence-corrected chi connectivity index (χ3v) is 1.77. The van der Waals surface area contributed by atoms with Gasteiger partial charge in [-0.2, -0.15) is 18.2 Å². The van der Waals surface area contributed by atoms with E-state index in [1.165, 1.54) is 0 Å². The van der Waals surface area contributed by atoms with Gasteiger partial charge in [0.1, 0.15) is 0 Å². The van der Waals surface area contributed by atoms with Crippen LogP contribution in [-0.4, -0.2) is 31.3 Å². The van der Waals surface area contributed by atoms with Crippen molar-refractivity contribution in [2.24, 2.45) is 0 Å². The van der Waals surface area contributed by atoms with E-state index in [1.54, 1.807) is 0 Å². The van der Waals surface area contributed by atoms with Crippen molar-refractivity contribution < 1.29 is 27.6 Å². The van der Waals surface area contributed by atoms with Gasteiger partial charge in [-0.3, -0.25) is 5.32 Å². The van der Waals surface area contributed by atoms with Crippen molar-refractivity contribution in [2.75, 3.05) is 5.32 Å². The summed E-state index contributed by atoms with van der Waals surface area (Å²) in [7, 11) is 0. The monoisotopic (exact) mass is 275 g/mol. The van der Waals surface area contributed by atoms with Crippen molar-refractivity contribution in [1.82, 2.24) is 20.1 Å². The van der Waals surface area contributed by atoms with Gasteiger partial charge in [0, 0.05) is 0 Å². The Morgan fingerprint density at radius 3 is 2.37 bits per heavy atom. The topological polar surface area (TPSA) is 114 Å². The first-order chi connectivity index (χ1) is 8.86. The van der Waals surface area contributed by atoms with E-state index in [0.29, 0.717) is 0 Å². The molecule has 0 saturated carbocycles. The van der Waals surface area contributed by atoms with E-state index in [9.17, 15) is 18.0 Å². The maximum atomic E-state index is 12.2. The summed E-state index contributed by atoms with van der Waals surface area (Å²) in [6, 6.07) is 0. The summed E-state index contributed by atoms with van der Waals surface area (Å²) in [5, 5.41) is 13.5. The van der Waals surface area contributed by atoms with E-state index < -0.39 is 24.0 Å². The summed E-state index contributed by atoms with van der Waals surface area (Å²) < 4.78 is 40.6. The summed E-state index contributed by atoms with van der Waals surface area (Å²) >= 11 is 0. The Morgan fingerprint density at radius 2 is 1.89 bits per heavy atom. The highest BCUT2D eigenvalue weighted by atomic mass is 19.4. The van der Waals surface area contributed by atoms with Crippen LogP contribution in [0.2, 0.25) is 0 Å². The molecular weight excluding hydrogens is 271 g/mol. The molecule has 0 aliphatic rings. The molecule has 8 nitrogen and oxygen atoms in total. The third-order valence-electron chi connectivity index (χ3n) is 1.77. The SMILES string of the molecule is O=C(O)Nc1cnc(-c2noc(C(F)(F)F)n2)nc1. The Labute approximate surface area is 102 Å². The second-order valence-electron chi connectivity index (χ2n) is 3.15. The highest BCUT2D eigenvalue weighted by Gasteiger charge is 2.38. The molecule has 2 aromatic rings. The molecule has 2 rings (SSSR count). The van der Waals surface area contributed by atoms with Gasteiger partial charge in [0.2, 0.25) is 11.6 Å². The van der Waals surface area contributed by atoms with Gasteiger partial charge in [-0.15, -0.1) is 0 Å². The van der Waals surface area contributed by atoms with Gasteiger partial charge in [0.25, 0.3) is 0 Å². The molecule has 0 bridgehead atoms. The average Bonchev–Trinajstić information content (AvgIpc) is 2.78. The average molecular weight is 275 g/mol. The molecule has 0 atom stereocenters. The van der Waals surface area contributed by atoms with Crippen LogP contribution in [0.3, 0.4) is 0 Å². The predicted octanol–water partition coefficient (Wildman–Crippen LogP) is 1.64. The number of aromatic nitrogens is 4. The Kier molecular flexibility index (Phi) is 3.02. The number of anilines is 1. The lowest BCUT2D eigenvalue weighted by molar-refractivity contribution is -0.159. The van der Waals surface area contributed by atoms with E-state index >= 15 is 0 Å². The Bertz CT molecular complexity index is 594. The molecule has 19 heavy (non-hydrogen) atoms. The number of hydrogen-bond donors (Lipinski definition) is 2. The smallest absolute Gasteiger partial charge is 0.465 e. The number of alkyl halides is 3. The number of amides is 1. The zero-order chi connectivity index (χ0) is 14.0. The summed E-state index contributed by atoms with van der Waals surface area (Å²) in [6.07, 6.45) is -3.97. The number of nitrogens with one attached hydrogen (secondary N) is 1. The van der Waals surface area contributed by atoms with Crippen LogP contribution in [0.25, 0.3) is 11.6 Å². The van der Waals surface area contributed by atoms with Crippen molar-refractivity contribution in [3.05, 3.63) is 18.3 Å². The van der Waals surface area contributed by atoms with E-state index in [0.717, 1.165) is 12.4 Å². The number of rotatable bonds is 2. The first kappa shape index (κ1) is 12.7. The van der Waals surface area contributed by atoms with E-state index in [-0.39, 0.29) is 11.5 Å². The minimum absolute atomic E-state index is 0.0517. The molecule has 0 fully saturated rings. The highest BCUT2D eigenvalue weighted by Crippen LogP contribution is 2.28. The number of carbonyl (C=O) groups is 1. The zero-order valence-electron chi connectivity index (χ0n) is 8.84. The van der Waals surface area contributed by atoms with Crippen LogP contribution in [0.15, 0.2) is 16.9 Å². The minimum atomic E-state index is -4.75. The summed E-state index contributed by atoms with van der Waals surface area (Å²) in [6.45, 7) is 0. The molecule has 2 N–H and O–H groups in total. The fraction of sp³-hybridized carbons (Fsp3) is 0.125. The molecule has 0 radical (unpaired) electrons. The second kappa shape index (κ2) is 4.51. The van der Waals surface area contributed by atoms with Crippen molar-refractivity contribution in [3.63, 3.8) is 0 Å². The van der Waals surface area contributed by atoms with E-state index in [4.69, 9.17) is 5.11 Å². The van der Waals surface area contributed by atoms with Gasteiger partial charge in [0.05, 0.1) is 18.1 Å². The van der Waals surface area contributed by atoms with Gasteiger partial charge in [-0.05, 0) is 0 Å². The largest absolute Gasteiger partial charge is 0.471 e. The molecule has 100 valence electrons. The first-order valence-electron chi connectivity index (χ1n) is 4.59. The van der Waals surface area contributed by atoms with Gasteiger partial charge in [-0.25, -0.2) is 14.8 Å². The van der Waals surface area contributed by atoms with Crippen molar-refractivity contribution >= 4 is 11.8 Å². The minimum Gasteiger partial charge on any atom is -0.465 e. The highest BCUT2D eigenvalue weighted by molar-refractivity contribution is 5.82. The molecule has 0 aliphatic carbocycles. The van der Waals surface area contributed by atoms with Gasteiger partial charge >= 0.3 is 18.2 Å². The fourth-order valence-corrected chi connectivity index (χ4v) is 1.06. The molecule has 0 spiro atoms. The number of hydrogen-bond acceptors (Lipinski definition) is 6. The summed E-state index contributed by atoms with van der Waals surface area (Å²) in [5.74, 6) is -2.19. The molecule has 0 aromatic carbocycles. The van der Waals surface area contributed by atoms with Crippen LogP contribution < -0.4 is 5.32 Å². The van der Waals surface area contributed by atoms with Gasteiger partial charge in [-0.1, -0.05) is 5.16 Å². The molecular formula is C8H4F3N5O3. The van der Waals surface area contributed by atoms with Crippen LogP contribution in [0.4, 0.5) is 23.7 Å². The van der Waals surface area contributed by atoms with Crippen molar-refractivity contribution in [3.8, 4) is 11.6 Å². The molecule has 2 aromatic heterocycles. The first-order valence-corrected chi connectivity index (χ1v) is 4.59. The van der Waals surface area contributed by atoms with Crippen LogP contribution >= 0.6 is 0 Å². The second-order valence-corrected chi connectivity index (χ2v) is 3.15. The number of halogens is 3. The maximum absolute atomic E-state index is 12.2. The Balaban J connectivity index is 2.23. The number of carboxylic acid groups (broad SMARTS) is 1. The standard InChI is InChI=1S/C8H4F3N5O3/c9-8(10,11)6-15-5(16-19-6)4-12-1-3(2-13-4)14-7(17)18/h1-2,14H,(H,17,18). The molecule has 0 aliphatic heterocycles. The maximum Gasteiger partial charge on any atom is 0.471 e. The number of nitrogens with zero attached hydrogens (tertiary/aromatic N) is 4. The zero-order valence-corrected chi connectivity index (χ0v) is 8.84. The van der Waals surface area contributed by atoms with Crippen LogP contribution in [0, 0.1) is 0 Å². The summed E-state index contributed by atoms with van der Waals surface area (Å²) in [4.78, 5) is 20.6. The third kappa shape index (κ3) is 2.94. The quantitative estimate of drug-likeness (QED) is 0.855. The molecule has 0 unspecified atom stereocenters. The lowest BCUT2D eigenvalue weighted by Gasteiger charge is -1.99. The normalized spacial score (nSPS) is 11.3. The van der Waals surface area contributed by atoms with Crippen LogP contribution in [0.1, 0.15) is 5.89 Å². The van der Waals surface area contributed by atoms with Gasteiger partial charge < -0.3 is 9.63 Å². The van der Waals surface area contributed by atoms with Crippen LogP contribution in [-0.2, 0) is 6.18 Å². The van der Waals surface area contributed by atoms with Gasteiger partial charge in [0.15, 0.2) is 0 Å². The molecule has 2 heterocycles. The Morgan fingerprint density at radius 1 is 1.26 bits per heavy atom. The lowest BCUT2D eigenvalue weighted by Crippen LogP contribution is -2.08. The van der Waals surface area contributed by atoms with Crippen molar-refractivity contribution in [2.45, 2.75) is 6.18 Å². The van der Waals surface area contributed by atoms with E-state index in [1.807, 2.05) is 5.32 Å². The lowest BCUT2D eigenvalue weighted by atomic mass is 10.5. The summed E-state index contributed by atoms with van der Waals surface area (Å²) in [5.41, 5.74) is 0.0517. The van der Waals surface area contributed by atoms with Crippen LogP contribution in [0.5, 0.6) is 0 Å².